The second-order valence-electron chi connectivity index (χ2n) is 5.99. The third-order valence-electron chi connectivity index (χ3n) is 4.12. The molecule has 130 valence electrons. The number of nitrogens with one attached hydrogen (secondary N) is 1. The lowest BCUT2D eigenvalue weighted by atomic mass is 10.2. The molecule has 4 aromatic rings. The zero-order valence-corrected chi connectivity index (χ0v) is 15.2. The van der Waals surface area contributed by atoms with Gasteiger partial charge in [-0.15, -0.1) is 5.10 Å². The van der Waals surface area contributed by atoms with E-state index in [2.05, 4.69) is 20.4 Å². The number of para-hydroxylation sites is 2. The van der Waals surface area contributed by atoms with E-state index in [4.69, 9.17) is 0 Å². The highest BCUT2D eigenvalue weighted by atomic mass is 32.2. The molecule has 0 saturated heterocycles. The van der Waals surface area contributed by atoms with Crippen molar-refractivity contribution in [2.24, 2.45) is 0 Å². The maximum absolute atomic E-state index is 12.5. The van der Waals surface area contributed by atoms with Crippen LogP contribution in [-0.2, 0) is 4.79 Å². The first-order valence-electron chi connectivity index (χ1n) is 8.25. The number of thioether (sulfide) groups is 1. The van der Waals surface area contributed by atoms with E-state index in [1.807, 2.05) is 62.4 Å². The standard InChI is InChI=1S/C19H17N5OS/c1-12-7-3-5-9-15(12)21-18(25)13(2)26-19-22-17-14-8-4-6-10-16(14)20-11-24(17)23-19/h3-11,13H,1-2H3,(H,21,25)/t13-/m0/s1. The Morgan fingerprint density at radius 2 is 1.92 bits per heavy atom. The van der Waals surface area contributed by atoms with Crippen LogP contribution >= 0.6 is 11.8 Å². The highest BCUT2D eigenvalue weighted by Gasteiger charge is 2.18. The van der Waals surface area contributed by atoms with Crippen LogP contribution < -0.4 is 5.32 Å². The van der Waals surface area contributed by atoms with Gasteiger partial charge in [0.15, 0.2) is 5.65 Å². The van der Waals surface area contributed by atoms with Gasteiger partial charge in [-0.25, -0.2) is 14.5 Å². The summed E-state index contributed by atoms with van der Waals surface area (Å²) in [5, 5.41) is 8.56. The fourth-order valence-corrected chi connectivity index (χ4v) is 3.43. The van der Waals surface area contributed by atoms with Crippen LogP contribution in [0.15, 0.2) is 60.0 Å². The van der Waals surface area contributed by atoms with E-state index in [9.17, 15) is 4.79 Å². The van der Waals surface area contributed by atoms with Crippen molar-refractivity contribution in [1.82, 2.24) is 19.6 Å². The third kappa shape index (κ3) is 3.13. The lowest BCUT2D eigenvalue weighted by Gasteiger charge is -2.11. The van der Waals surface area contributed by atoms with Crippen molar-refractivity contribution in [3.05, 3.63) is 60.4 Å². The molecule has 2 aromatic heterocycles. The topological polar surface area (TPSA) is 72.2 Å². The molecule has 0 bridgehead atoms. The lowest BCUT2D eigenvalue weighted by Crippen LogP contribution is -2.22. The molecule has 1 atom stereocenters. The van der Waals surface area contributed by atoms with Crippen LogP contribution in [0.1, 0.15) is 12.5 Å². The summed E-state index contributed by atoms with van der Waals surface area (Å²) < 4.78 is 1.65. The van der Waals surface area contributed by atoms with Crippen molar-refractivity contribution in [2.45, 2.75) is 24.3 Å². The molecule has 0 spiro atoms. The molecular formula is C19H17N5OS. The molecule has 2 aromatic carbocycles. The predicted molar refractivity (Wildman–Crippen MR) is 103 cm³/mol. The summed E-state index contributed by atoms with van der Waals surface area (Å²) in [6.07, 6.45) is 1.65. The van der Waals surface area contributed by atoms with Gasteiger partial charge in [0.25, 0.3) is 0 Å². The minimum Gasteiger partial charge on any atom is -0.325 e. The Morgan fingerprint density at radius 1 is 1.15 bits per heavy atom. The first-order valence-corrected chi connectivity index (χ1v) is 9.13. The number of aromatic nitrogens is 4. The number of rotatable bonds is 4. The number of aryl methyl sites for hydroxylation is 1. The number of carbonyl (C=O) groups excluding carboxylic acids is 1. The average Bonchev–Trinajstić information content (AvgIpc) is 3.06. The molecule has 0 radical (unpaired) electrons. The number of carbonyl (C=O) groups is 1. The summed E-state index contributed by atoms with van der Waals surface area (Å²) in [6.45, 7) is 3.82. The largest absolute Gasteiger partial charge is 0.325 e. The van der Waals surface area contributed by atoms with Crippen LogP contribution in [0.25, 0.3) is 16.6 Å². The second kappa shape index (κ2) is 6.76. The molecular weight excluding hydrogens is 346 g/mol. The van der Waals surface area contributed by atoms with E-state index in [1.165, 1.54) is 11.8 Å². The number of hydrogen-bond donors (Lipinski definition) is 1. The van der Waals surface area contributed by atoms with Gasteiger partial charge in [0.2, 0.25) is 11.1 Å². The van der Waals surface area contributed by atoms with Crippen molar-refractivity contribution in [3.8, 4) is 0 Å². The van der Waals surface area contributed by atoms with Gasteiger partial charge in [0.1, 0.15) is 6.33 Å². The second-order valence-corrected chi connectivity index (χ2v) is 7.30. The fourth-order valence-electron chi connectivity index (χ4n) is 2.67. The first-order chi connectivity index (χ1) is 12.6. The maximum atomic E-state index is 12.5. The molecule has 0 unspecified atom stereocenters. The van der Waals surface area contributed by atoms with E-state index in [0.29, 0.717) is 5.16 Å². The van der Waals surface area contributed by atoms with E-state index in [0.717, 1.165) is 27.8 Å². The Kier molecular flexibility index (Phi) is 4.30. The molecule has 0 fully saturated rings. The molecule has 6 nitrogen and oxygen atoms in total. The summed E-state index contributed by atoms with van der Waals surface area (Å²) in [5.41, 5.74) is 3.46. The quantitative estimate of drug-likeness (QED) is 0.560. The van der Waals surface area contributed by atoms with Crippen molar-refractivity contribution in [3.63, 3.8) is 0 Å². The smallest absolute Gasteiger partial charge is 0.237 e. The predicted octanol–water partition coefficient (Wildman–Crippen LogP) is 3.71. The number of nitrogens with zero attached hydrogens (tertiary/aromatic N) is 4. The van der Waals surface area contributed by atoms with Crippen LogP contribution in [0, 0.1) is 6.92 Å². The number of amides is 1. The Balaban J connectivity index is 1.55. The normalized spacial score (nSPS) is 12.4. The van der Waals surface area contributed by atoms with Gasteiger partial charge >= 0.3 is 0 Å². The molecule has 0 aliphatic heterocycles. The summed E-state index contributed by atoms with van der Waals surface area (Å²) in [7, 11) is 0. The molecule has 0 saturated carbocycles. The molecule has 2 heterocycles. The molecule has 4 rings (SSSR count). The minimum atomic E-state index is -0.328. The third-order valence-corrected chi connectivity index (χ3v) is 5.07. The lowest BCUT2D eigenvalue weighted by molar-refractivity contribution is -0.115. The molecule has 7 heteroatoms. The molecule has 0 aliphatic rings. The Bertz CT molecular complexity index is 1110. The number of benzene rings is 2. The Hall–Kier alpha value is -2.93. The van der Waals surface area contributed by atoms with E-state index >= 15 is 0 Å². The molecule has 26 heavy (non-hydrogen) atoms. The number of fused-ring (bicyclic) bond motifs is 3. The van der Waals surface area contributed by atoms with Crippen LogP contribution in [0.3, 0.4) is 0 Å². The van der Waals surface area contributed by atoms with E-state index in [1.54, 1.807) is 10.8 Å². The summed E-state index contributed by atoms with van der Waals surface area (Å²) >= 11 is 1.33. The SMILES string of the molecule is Cc1ccccc1NC(=O)[C@H](C)Sc1nc2c3ccccc3ncn2n1. The summed E-state index contributed by atoms with van der Waals surface area (Å²) in [4.78, 5) is 21.4. The number of anilines is 1. The zero-order chi connectivity index (χ0) is 18.1. The van der Waals surface area contributed by atoms with Crippen molar-refractivity contribution >= 4 is 39.9 Å². The van der Waals surface area contributed by atoms with Crippen LogP contribution in [0.4, 0.5) is 5.69 Å². The van der Waals surface area contributed by atoms with Crippen LogP contribution in [0.2, 0.25) is 0 Å². The highest BCUT2D eigenvalue weighted by Crippen LogP contribution is 2.24. The highest BCUT2D eigenvalue weighted by molar-refractivity contribution is 8.00. The minimum absolute atomic E-state index is 0.0776. The summed E-state index contributed by atoms with van der Waals surface area (Å²) in [5.74, 6) is -0.0776. The van der Waals surface area contributed by atoms with Gasteiger partial charge in [-0.1, -0.05) is 42.1 Å². The van der Waals surface area contributed by atoms with Gasteiger partial charge in [-0.3, -0.25) is 4.79 Å². The first kappa shape index (κ1) is 16.5. The summed E-state index contributed by atoms with van der Waals surface area (Å²) in [6, 6.07) is 15.5. The van der Waals surface area contributed by atoms with Crippen molar-refractivity contribution in [2.75, 3.05) is 5.32 Å². The van der Waals surface area contributed by atoms with Gasteiger partial charge in [0, 0.05) is 11.1 Å². The fraction of sp³-hybridized carbons (Fsp3) is 0.158. The van der Waals surface area contributed by atoms with Gasteiger partial charge in [0.05, 0.1) is 10.8 Å². The zero-order valence-electron chi connectivity index (χ0n) is 14.4. The van der Waals surface area contributed by atoms with Crippen molar-refractivity contribution in [1.29, 1.82) is 0 Å². The van der Waals surface area contributed by atoms with E-state index < -0.39 is 0 Å². The maximum Gasteiger partial charge on any atom is 0.237 e. The van der Waals surface area contributed by atoms with Crippen molar-refractivity contribution < 1.29 is 4.79 Å². The van der Waals surface area contributed by atoms with Gasteiger partial charge < -0.3 is 5.32 Å². The number of hydrogen-bond acceptors (Lipinski definition) is 5. The average molecular weight is 363 g/mol. The van der Waals surface area contributed by atoms with E-state index in [-0.39, 0.29) is 11.2 Å². The van der Waals surface area contributed by atoms with Gasteiger partial charge in [-0.05, 0) is 37.6 Å². The molecule has 0 aliphatic carbocycles. The Morgan fingerprint density at radius 3 is 2.77 bits per heavy atom. The van der Waals surface area contributed by atoms with Crippen LogP contribution in [0.5, 0.6) is 0 Å². The molecule has 1 N–H and O–H groups in total. The van der Waals surface area contributed by atoms with Gasteiger partial charge in [-0.2, -0.15) is 0 Å². The monoisotopic (exact) mass is 363 g/mol. The Labute approximate surface area is 154 Å². The molecule has 1 amide bonds. The van der Waals surface area contributed by atoms with Crippen LogP contribution in [-0.4, -0.2) is 30.7 Å².